The van der Waals surface area contributed by atoms with Crippen molar-refractivity contribution in [3.63, 3.8) is 0 Å². The average molecular weight is 286 g/mol. The lowest BCUT2D eigenvalue weighted by Crippen LogP contribution is -2.60. The third kappa shape index (κ3) is 4.08. The highest BCUT2D eigenvalue weighted by Crippen LogP contribution is 2.17. The third-order valence-electron chi connectivity index (χ3n) is 3.90. The van der Waals surface area contributed by atoms with Crippen LogP contribution in [0.2, 0.25) is 0 Å². The summed E-state index contributed by atoms with van der Waals surface area (Å²) in [7, 11) is 1.64. The average Bonchev–Trinajstić information content (AvgIpc) is 2.46. The van der Waals surface area contributed by atoms with Gasteiger partial charge in [-0.1, -0.05) is 5.16 Å². The van der Waals surface area contributed by atoms with E-state index in [1.165, 1.54) is 0 Å². The van der Waals surface area contributed by atoms with Crippen molar-refractivity contribution in [1.82, 2.24) is 9.80 Å². The fourth-order valence-electron chi connectivity index (χ4n) is 2.33. The first kappa shape index (κ1) is 16.7. The molecule has 0 aromatic rings. The highest BCUT2D eigenvalue weighted by Gasteiger charge is 2.34. The van der Waals surface area contributed by atoms with Crippen LogP contribution >= 0.6 is 0 Å². The molecule has 1 saturated heterocycles. The van der Waals surface area contributed by atoms with Crippen molar-refractivity contribution in [3.8, 4) is 0 Å². The Morgan fingerprint density at radius 2 is 1.95 bits per heavy atom. The molecule has 0 bridgehead atoms. The fraction of sp³-hybridized carbons (Fsp3) is 0.846. The number of carbonyl (C=O) groups is 1. The maximum absolute atomic E-state index is 12.0. The molecule has 0 aromatic heterocycles. The van der Waals surface area contributed by atoms with Crippen molar-refractivity contribution in [2.75, 3.05) is 39.9 Å². The maximum atomic E-state index is 12.0. The maximum Gasteiger partial charge on any atom is 0.222 e. The van der Waals surface area contributed by atoms with Crippen LogP contribution in [0.15, 0.2) is 5.16 Å². The number of amides is 1. The summed E-state index contributed by atoms with van der Waals surface area (Å²) in [6, 6.07) is 0. The predicted molar refractivity (Wildman–Crippen MR) is 76.8 cm³/mol. The molecule has 0 saturated carbocycles. The summed E-state index contributed by atoms with van der Waals surface area (Å²) in [4.78, 5) is 16.0. The highest BCUT2D eigenvalue weighted by atomic mass is 16.5. The van der Waals surface area contributed by atoms with E-state index in [-0.39, 0.29) is 11.7 Å². The summed E-state index contributed by atoms with van der Waals surface area (Å²) in [5.41, 5.74) is 5.22. The van der Waals surface area contributed by atoms with Gasteiger partial charge in [0.25, 0.3) is 0 Å². The lowest BCUT2D eigenvalue weighted by atomic mass is 10.00. The van der Waals surface area contributed by atoms with E-state index in [0.29, 0.717) is 26.1 Å². The van der Waals surface area contributed by atoms with Crippen LogP contribution in [0.25, 0.3) is 0 Å². The summed E-state index contributed by atoms with van der Waals surface area (Å²) in [6.45, 7) is 7.23. The zero-order valence-corrected chi connectivity index (χ0v) is 12.6. The number of hydrogen-bond donors (Lipinski definition) is 2. The van der Waals surface area contributed by atoms with Crippen LogP contribution in [0.4, 0.5) is 0 Å². The van der Waals surface area contributed by atoms with Crippen LogP contribution in [0, 0.1) is 0 Å². The van der Waals surface area contributed by atoms with Crippen LogP contribution in [-0.2, 0) is 9.53 Å². The molecular formula is C13H26N4O3. The Hall–Kier alpha value is -1.34. The Balaban J connectivity index is 2.45. The minimum atomic E-state index is -0.500. The van der Waals surface area contributed by atoms with E-state index in [1.54, 1.807) is 7.11 Å². The molecular weight excluding hydrogens is 260 g/mol. The number of hydrogen-bond acceptors (Lipinski definition) is 5. The first-order valence-corrected chi connectivity index (χ1v) is 6.93. The fourth-order valence-corrected chi connectivity index (χ4v) is 2.33. The number of carbonyl (C=O) groups excluding carboxylic acids is 1. The predicted octanol–water partition coefficient (Wildman–Crippen LogP) is 0.0822. The van der Waals surface area contributed by atoms with Gasteiger partial charge in [-0.3, -0.25) is 9.69 Å². The second-order valence-electron chi connectivity index (χ2n) is 5.51. The normalized spacial score (nSPS) is 18.4. The number of ether oxygens (including phenoxy) is 1. The summed E-state index contributed by atoms with van der Waals surface area (Å²) < 4.78 is 4.95. The Morgan fingerprint density at radius 3 is 2.45 bits per heavy atom. The molecule has 0 unspecified atom stereocenters. The van der Waals surface area contributed by atoms with Crippen LogP contribution in [0.1, 0.15) is 26.7 Å². The number of amidine groups is 1. The van der Waals surface area contributed by atoms with Gasteiger partial charge in [-0.05, 0) is 20.3 Å². The van der Waals surface area contributed by atoms with Crippen molar-refractivity contribution >= 4 is 11.7 Å². The first-order chi connectivity index (χ1) is 9.43. The molecule has 0 spiro atoms. The van der Waals surface area contributed by atoms with Gasteiger partial charge in [-0.2, -0.15) is 0 Å². The Bertz CT molecular complexity index is 350. The SMILES string of the molecule is COCCCC(=O)N1CCN(C(C)(C)C(N)=NO)CC1. The molecule has 0 aliphatic carbocycles. The minimum Gasteiger partial charge on any atom is -0.409 e. The molecule has 1 aliphatic heterocycles. The summed E-state index contributed by atoms with van der Waals surface area (Å²) in [5, 5.41) is 11.9. The van der Waals surface area contributed by atoms with Gasteiger partial charge < -0.3 is 20.6 Å². The lowest BCUT2D eigenvalue weighted by molar-refractivity contribution is -0.133. The topological polar surface area (TPSA) is 91.4 Å². The smallest absolute Gasteiger partial charge is 0.222 e. The number of rotatable bonds is 6. The Kier molecular flexibility index (Phi) is 6.22. The van der Waals surface area contributed by atoms with Crippen LogP contribution in [-0.4, -0.2) is 72.2 Å². The second kappa shape index (κ2) is 7.44. The minimum absolute atomic E-state index is 0.170. The van der Waals surface area contributed by atoms with Gasteiger partial charge in [0, 0.05) is 46.3 Å². The van der Waals surface area contributed by atoms with Gasteiger partial charge in [0.15, 0.2) is 5.84 Å². The molecule has 7 heteroatoms. The van der Waals surface area contributed by atoms with Crippen LogP contribution in [0.3, 0.4) is 0 Å². The van der Waals surface area contributed by atoms with Gasteiger partial charge in [0.1, 0.15) is 0 Å². The zero-order valence-electron chi connectivity index (χ0n) is 12.6. The standard InChI is InChI=1S/C13H26N4O3/c1-13(2,12(14)15-19)17-8-6-16(7-9-17)11(18)5-4-10-20-3/h19H,4-10H2,1-3H3,(H2,14,15). The largest absolute Gasteiger partial charge is 0.409 e. The van der Waals surface area contributed by atoms with E-state index in [0.717, 1.165) is 19.5 Å². The summed E-state index contributed by atoms with van der Waals surface area (Å²) in [5.74, 6) is 0.362. The molecule has 3 N–H and O–H groups in total. The van der Waals surface area contributed by atoms with E-state index in [4.69, 9.17) is 15.7 Å². The van der Waals surface area contributed by atoms with Crippen molar-refractivity contribution in [1.29, 1.82) is 0 Å². The third-order valence-corrected chi connectivity index (χ3v) is 3.90. The molecule has 1 rings (SSSR count). The van der Waals surface area contributed by atoms with E-state index in [2.05, 4.69) is 10.1 Å². The molecule has 7 nitrogen and oxygen atoms in total. The monoisotopic (exact) mass is 286 g/mol. The van der Waals surface area contributed by atoms with Gasteiger partial charge >= 0.3 is 0 Å². The van der Waals surface area contributed by atoms with Gasteiger partial charge in [0.2, 0.25) is 5.91 Å². The van der Waals surface area contributed by atoms with Gasteiger partial charge in [-0.15, -0.1) is 0 Å². The first-order valence-electron chi connectivity index (χ1n) is 6.93. The molecule has 0 aromatic carbocycles. The highest BCUT2D eigenvalue weighted by molar-refractivity contribution is 5.88. The zero-order chi connectivity index (χ0) is 15.2. The van der Waals surface area contributed by atoms with Crippen molar-refractivity contribution < 1.29 is 14.7 Å². The second-order valence-corrected chi connectivity index (χ2v) is 5.51. The lowest BCUT2D eigenvalue weighted by Gasteiger charge is -2.43. The molecule has 116 valence electrons. The Labute approximate surface area is 120 Å². The van der Waals surface area contributed by atoms with Gasteiger partial charge in [-0.25, -0.2) is 0 Å². The number of nitrogens with zero attached hydrogens (tertiary/aromatic N) is 3. The number of nitrogens with two attached hydrogens (primary N) is 1. The van der Waals surface area contributed by atoms with Crippen molar-refractivity contribution in [3.05, 3.63) is 0 Å². The van der Waals surface area contributed by atoms with Gasteiger partial charge in [0.05, 0.1) is 5.54 Å². The molecule has 20 heavy (non-hydrogen) atoms. The van der Waals surface area contributed by atoms with Crippen molar-refractivity contribution in [2.45, 2.75) is 32.2 Å². The molecule has 1 aliphatic rings. The molecule has 1 heterocycles. The molecule has 1 fully saturated rings. The van der Waals surface area contributed by atoms with E-state index in [1.807, 2.05) is 18.7 Å². The molecule has 1 amide bonds. The van der Waals surface area contributed by atoms with Crippen LogP contribution in [0.5, 0.6) is 0 Å². The quantitative estimate of drug-likeness (QED) is 0.237. The number of methoxy groups -OCH3 is 1. The summed E-state index contributed by atoms with van der Waals surface area (Å²) >= 11 is 0. The number of oxime groups is 1. The van der Waals surface area contributed by atoms with E-state index in [9.17, 15) is 4.79 Å². The van der Waals surface area contributed by atoms with Crippen LogP contribution < -0.4 is 5.73 Å². The molecule has 0 atom stereocenters. The Morgan fingerprint density at radius 1 is 1.35 bits per heavy atom. The van der Waals surface area contributed by atoms with E-state index < -0.39 is 5.54 Å². The summed E-state index contributed by atoms with van der Waals surface area (Å²) in [6.07, 6.45) is 1.28. The molecule has 0 radical (unpaired) electrons. The number of piperazine rings is 1. The van der Waals surface area contributed by atoms with E-state index >= 15 is 0 Å². The van der Waals surface area contributed by atoms with Crippen molar-refractivity contribution in [2.24, 2.45) is 10.9 Å².